The third-order valence-electron chi connectivity index (χ3n) is 4.05. The maximum absolute atomic E-state index is 11.7. The number of cyclic esters (lactones) is 1. The second-order valence-corrected chi connectivity index (χ2v) is 6.46. The van der Waals surface area contributed by atoms with Crippen molar-refractivity contribution in [1.82, 2.24) is 5.32 Å². The van der Waals surface area contributed by atoms with Crippen LogP contribution in [0.1, 0.15) is 12.0 Å². The fourth-order valence-electron chi connectivity index (χ4n) is 2.84. The molecule has 3 rings (SSSR count). The average molecular weight is 303 g/mol. The number of alkyl carbamates (subject to hydrolysis) is 1. The Morgan fingerprint density at radius 1 is 1.45 bits per heavy atom. The Hall–Kier alpha value is -1.92. The third-order valence-corrected chi connectivity index (χ3v) is 4.05. The van der Waals surface area contributed by atoms with E-state index in [0.29, 0.717) is 19.7 Å². The van der Waals surface area contributed by atoms with E-state index in [2.05, 4.69) is 16.4 Å². The number of ether oxygens (including phenoxy) is 1. The molecule has 1 amide bonds. The fraction of sp³-hybridized carbons (Fsp3) is 0.500. The first-order chi connectivity index (χ1) is 10.4. The van der Waals surface area contributed by atoms with Gasteiger partial charge >= 0.3 is 6.09 Å². The third kappa shape index (κ3) is 3.45. The number of benzene rings is 1. The Kier molecular flexibility index (Phi) is 3.88. The van der Waals surface area contributed by atoms with Gasteiger partial charge in [0.2, 0.25) is 0 Å². The number of hydrogen-bond donors (Lipinski definition) is 1. The van der Waals surface area contributed by atoms with Crippen molar-refractivity contribution in [2.24, 2.45) is 4.99 Å². The number of nitrogens with one attached hydrogen (secondary N) is 1. The molecule has 2 heterocycles. The largest absolute Gasteiger partial charge is 0.633 e. The smallest absolute Gasteiger partial charge is 0.407 e. The molecule has 1 saturated heterocycles. The summed E-state index contributed by atoms with van der Waals surface area (Å²) in [5.74, 6) is 0. The zero-order chi connectivity index (χ0) is 15.7. The van der Waals surface area contributed by atoms with Crippen molar-refractivity contribution in [2.75, 3.05) is 33.8 Å². The van der Waals surface area contributed by atoms with E-state index >= 15 is 0 Å². The van der Waals surface area contributed by atoms with Crippen molar-refractivity contribution in [2.45, 2.75) is 18.9 Å². The maximum Gasteiger partial charge on any atom is 0.407 e. The van der Waals surface area contributed by atoms with Crippen LogP contribution in [0.2, 0.25) is 0 Å². The van der Waals surface area contributed by atoms with Gasteiger partial charge < -0.3 is 19.9 Å². The van der Waals surface area contributed by atoms with Gasteiger partial charge in [0.15, 0.2) is 0 Å². The van der Waals surface area contributed by atoms with Gasteiger partial charge in [-0.2, -0.15) is 0 Å². The molecule has 0 radical (unpaired) electrons. The van der Waals surface area contributed by atoms with Crippen molar-refractivity contribution < 1.29 is 14.2 Å². The number of carbonyl (C=O) groups excluding carboxylic acids is 1. The molecule has 1 aromatic carbocycles. The van der Waals surface area contributed by atoms with Crippen LogP contribution < -0.4 is 15.9 Å². The highest BCUT2D eigenvalue weighted by atomic mass is 16.6. The van der Waals surface area contributed by atoms with Crippen LogP contribution in [0.5, 0.6) is 0 Å². The lowest BCUT2D eigenvalue weighted by Gasteiger charge is -2.33. The van der Waals surface area contributed by atoms with Crippen LogP contribution in [0.25, 0.3) is 5.57 Å². The molecule has 2 aliphatic heterocycles. The summed E-state index contributed by atoms with van der Waals surface area (Å²) < 4.78 is 4.63. The molecule has 22 heavy (non-hydrogen) atoms. The summed E-state index contributed by atoms with van der Waals surface area (Å²) in [4.78, 5) is 15.6. The van der Waals surface area contributed by atoms with E-state index < -0.39 is 0 Å². The van der Waals surface area contributed by atoms with Crippen LogP contribution in [0.15, 0.2) is 23.2 Å². The van der Waals surface area contributed by atoms with E-state index in [1.165, 1.54) is 5.57 Å². The molecule has 0 saturated carbocycles. The highest BCUT2D eigenvalue weighted by Gasteiger charge is 2.22. The molecule has 0 aliphatic carbocycles. The monoisotopic (exact) mass is 303 g/mol. The molecule has 0 bridgehead atoms. The average Bonchev–Trinajstić information content (AvgIpc) is 3.02. The van der Waals surface area contributed by atoms with Gasteiger partial charge in [0.25, 0.3) is 0 Å². The Morgan fingerprint density at radius 3 is 2.95 bits per heavy atom. The van der Waals surface area contributed by atoms with Gasteiger partial charge in [-0.15, -0.1) is 0 Å². The van der Waals surface area contributed by atoms with Crippen LogP contribution in [-0.2, 0) is 11.2 Å². The van der Waals surface area contributed by atoms with Gasteiger partial charge in [-0.25, -0.2) is 4.79 Å². The first-order valence-electron chi connectivity index (χ1n) is 7.53. The molecule has 1 atom stereocenters. The zero-order valence-corrected chi connectivity index (χ0v) is 13.0. The normalized spacial score (nSPS) is 20.4. The van der Waals surface area contributed by atoms with Crippen molar-refractivity contribution in [3.05, 3.63) is 39.5 Å². The van der Waals surface area contributed by atoms with E-state index in [1.54, 1.807) is 14.1 Å². The van der Waals surface area contributed by atoms with Gasteiger partial charge in [-0.05, 0) is 29.7 Å². The molecule has 2 aliphatic rings. The molecule has 6 heteroatoms. The van der Waals surface area contributed by atoms with E-state index in [0.717, 1.165) is 29.0 Å². The second kappa shape index (κ2) is 5.70. The summed E-state index contributed by atoms with van der Waals surface area (Å²) in [5, 5.41) is 16.7. The van der Waals surface area contributed by atoms with E-state index in [1.807, 2.05) is 12.1 Å². The molecule has 118 valence electrons. The van der Waals surface area contributed by atoms with Gasteiger partial charge in [0, 0.05) is 11.6 Å². The SMILES string of the molecule is C[N+](C)([O-])CCC1=c2cc(C[C@@H]3COC(=O)N3)ccc2=NC1. The number of quaternary nitrogens is 1. The molecular weight excluding hydrogens is 282 g/mol. The first-order valence-corrected chi connectivity index (χ1v) is 7.53. The summed E-state index contributed by atoms with van der Waals surface area (Å²) in [6.07, 6.45) is 1.17. The quantitative estimate of drug-likeness (QED) is 0.619. The Labute approximate surface area is 129 Å². The number of hydroxylamine groups is 3. The molecule has 6 nitrogen and oxygen atoms in total. The number of carbonyl (C=O) groups is 1. The van der Waals surface area contributed by atoms with Crippen molar-refractivity contribution in [3.63, 3.8) is 0 Å². The summed E-state index contributed by atoms with van der Waals surface area (Å²) in [7, 11) is 3.32. The minimum Gasteiger partial charge on any atom is -0.633 e. The van der Waals surface area contributed by atoms with Crippen LogP contribution in [-0.4, -0.2) is 50.6 Å². The number of rotatable bonds is 5. The molecule has 1 N–H and O–H groups in total. The Morgan fingerprint density at radius 2 is 2.27 bits per heavy atom. The predicted octanol–water partition coefficient (Wildman–Crippen LogP) is 0.0857. The molecule has 0 unspecified atom stereocenters. The lowest BCUT2D eigenvalue weighted by molar-refractivity contribution is -0.839. The molecule has 1 aromatic rings. The van der Waals surface area contributed by atoms with Crippen LogP contribution in [0.4, 0.5) is 4.79 Å². The van der Waals surface area contributed by atoms with Gasteiger partial charge in [-0.1, -0.05) is 6.07 Å². The van der Waals surface area contributed by atoms with Gasteiger partial charge in [0.1, 0.15) is 6.61 Å². The lowest BCUT2D eigenvalue weighted by atomic mass is 10.0. The predicted molar refractivity (Wildman–Crippen MR) is 82.4 cm³/mol. The van der Waals surface area contributed by atoms with Crippen LogP contribution in [0.3, 0.4) is 0 Å². The summed E-state index contributed by atoms with van der Waals surface area (Å²) in [6, 6.07) is 6.23. The Balaban J connectivity index is 1.79. The van der Waals surface area contributed by atoms with Crippen molar-refractivity contribution >= 4 is 11.7 Å². The van der Waals surface area contributed by atoms with Crippen molar-refractivity contribution in [1.29, 1.82) is 0 Å². The van der Waals surface area contributed by atoms with E-state index in [-0.39, 0.29) is 16.8 Å². The maximum atomic E-state index is 11.7. The summed E-state index contributed by atoms with van der Waals surface area (Å²) in [6.45, 7) is 1.65. The zero-order valence-electron chi connectivity index (χ0n) is 13.0. The van der Waals surface area contributed by atoms with Gasteiger partial charge in [-0.3, -0.25) is 4.99 Å². The Bertz CT molecular complexity index is 706. The van der Waals surface area contributed by atoms with Crippen LogP contribution in [0, 0.1) is 5.21 Å². The molecular formula is C16H21N3O3. The molecule has 0 aromatic heterocycles. The number of nitrogens with zero attached hydrogens (tertiary/aromatic N) is 2. The topological polar surface area (TPSA) is 73.8 Å². The molecule has 1 fully saturated rings. The minimum absolute atomic E-state index is 0.0320. The number of amides is 1. The summed E-state index contributed by atoms with van der Waals surface area (Å²) in [5.41, 5.74) is 2.38. The molecule has 0 spiro atoms. The number of fused-ring (bicyclic) bond motifs is 1. The standard InChI is InChI=1S/C16H21N3O3/c1-19(2,21)6-5-12-9-17-15-4-3-11(8-14(12)15)7-13-10-22-16(20)18-13/h3-4,8,13H,5-7,9-10H2,1-2H3,(H,18,20)/t13-/m1/s1. The van der Waals surface area contributed by atoms with E-state index in [9.17, 15) is 10.0 Å². The van der Waals surface area contributed by atoms with Crippen LogP contribution >= 0.6 is 0 Å². The summed E-state index contributed by atoms with van der Waals surface area (Å²) >= 11 is 0. The number of hydrogen-bond acceptors (Lipinski definition) is 4. The second-order valence-electron chi connectivity index (χ2n) is 6.46. The fourth-order valence-corrected chi connectivity index (χ4v) is 2.84. The van der Waals surface area contributed by atoms with Gasteiger partial charge in [0.05, 0.1) is 38.6 Å². The highest BCUT2D eigenvalue weighted by molar-refractivity contribution is 5.69. The van der Waals surface area contributed by atoms with Crippen molar-refractivity contribution in [3.8, 4) is 0 Å². The lowest BCUT2D eigenvalue weighted by Crippen LogP contribution is -2.34. The van der Waals surface area contributed by atoms with E-state index in [4.69, 9.17) is 4.74 Å². The highest BCUT2D eigenvalue weighted by Crippen LogP contribution is 2.10. The minimum atomic E-state index is -0.344. The first kappa shape index (κ1) is 15.0.